The monoisotopic (exact) mass is 329 g/mol. The average molecular weight is 329 g/mol. The fraction of sp³-hybridized carbons (Fsp3) is 0.143. The van der Waals surface area contributed by atoms with E-state index in [1.54, 1.807) is 6.33 Å². The lowest BCUT2D eigenvalue weighted by molar-refractivity contribution is 0.306. The fourth-order valence-corrected chi connectivity index (χ4v) is 2.79. The number of fused-ring (bicyclic) bond motifs is 1. The molecule has 0 aliphatic heterocycles. The Morgan fingerprint density at radius 3 is 2.44 bits per heavy atom. The Labute approximate surface area is 146 Å². The number of pyridine rings is 1. The van der Waals surface area contributed by atoms with Gasteiger partial charge in [-0.3, -0.25) is 0 Å². The van der Waals surface area contributed by atoms with Crippen LogP contribution in [0.3, 0.4) is 0 Å². The van der Waals surface area contributed by atoms with E-state index in [4.69, 9.17) is 4.74 Å². The SMILES string of the molecule is c1ccc(COc2ccc(CCc3cnc4nc[nH]c4c3)cc2)cc1. The molecule has 0 atom stereocenters. The Morgan fingerprint density at radius 2 is 1.60 bits per heavy atom. The number of ether oxygens (including phenoxy) is 1. The molecule has 4 nitrogen and oxygen atoms in total. The second-order valence-electron chi connectivity index (χ2n) is 6.04. The first-order valence-corrected chi connectivity index (χ1v) is 8.40. The van der Waals surface area contributed by atoms with E-state index in [2.05, 4.69) is 45.3 Å². The highest BCUT2D eigenvalue weighted by atomic mass is 16.5. The van der Waals surface area contributed by atoms with Gasteiger partial charge >= 0.3 is 0 Å². The molecule has 0 saturated heterocycles. The molecule has 0 unspecified atom stereocenters. The number of aromatic nitrogens is 3. The number of H-pyrrole nitrogens is 1. The third-order valence-corrected chi connectivity index (χ3v) is 4.20. The smallest absolute Gasteiger partial charge is 0.177 e. The topological polar surface area (TPSA) is 50.8 Å². The van der Waals surface area contributed by atoms with Crippen molar-refractivity contribution in [2.75, 3.05) is 0 Å². The Bertz CT molecular complexity index is 946. The van der Waals surface area contributed by atoms with Gasteiger partial charge in [-0.15, -0.1) is 0 Å². The standard InChI is InChI=1S/C21H19N3O/c1-2-4-17(5-3-1)14-25-19-10-8-16(9-11-19)6-7-18-12-20-21(22-13-18)24-15-23-20/h1-5,8-13,15H,6-7,14H2,(H,22,23,24). The van der Waals surface area contributed by atoms with Crippen LogP contribution in [0.1, 0.15) is 16.7 Å². The molecule has 0 amide bonds. The summed E-state index contributed by atoms with van der Waals surface area (Å²) in [6.45, 7) is 0.593. The molecule has 25 heavy (non-hydrogen) atoms. The molecular formula is C21H19N3O. The van der Waals surface area contributed by atoms with Crippen LogP contribution in [0, 0.1) is 0 Å². The van der Waals surface area contributed by atoms with E-state index in [0.29, 0.717) is 6.61 Å². The van der Waals surface area contributed by atoms with Gasteiger partial charge in [0.1, 0.15) is 12.4 Å². The molecule has 0 fully saturated rings. The van der Waals surface area contributed by atoms with Crippen LogP contribution in [-0.4, -0.2) is 15.0 Å². The predicted molar refractivity (Wildman–Crippen MR) is 98.5 cm³/mol. The van der Waals surface area contributed by atoms with Crippen molar-refractivity contribution in [2.24, 2.45) is 0 Å². The van der Waals surface area contributed by atoms with E-state index >= 15 is 0 Å². The van der Waals surface area contributed by atoms with Gasteiger partial charge in [-0.2, -0.15) is 0 Å². The molecule has 0 saturated carbocycles. The second kappa shape index (κ2) is 7.18. The summed E-state index contributed by atoms with van der Waals surface area (Å²) in [6.07, 6.45) is 5.50. The number of hydrogen-bond donors (Lipinski definition) is 1. The third kappa shape index (κ3) is 3.86. The van der Waals surface area contributed by atoms with Gasteiger partial charge in [0.2, 0.25) is 0 Å². The van der Waals surface area contributed by atoms with Crippen LogP contribution < -0.4 is 4.74 Å². The number of nitrogens with one attached hydrogen (secondary N) is 1. The maximum atomic E-state index is 5.83. The summed E-state index contributed by atoms with van der Waals surface area (Å²) >= 11 is 0. The van der Waals surface area contributed by atoms with Gasteiger partial charge in [-0.05, 0) is 47.7 Å². The normalized spacial score (nSPS) is 10.9. The Hall–Kier alpha value is -3.14. The molecule has 4 heteroatoms. The van der Waals surface area contributed by atoms with E-state index in [0.717, 1.165) is 29.8 Å². The number of imidazole rings is 1. The summed E-state index contributed by atoms with van der Waals surface area (Å²) < 4.78 is 5.83. The zero-order valence-corrected chi connectivity index (χ0v) is 13.9. The quantitative estimate of drug-likeness (QED) is 0.573. The van der Waals surface area contributed by atoms with Crippen molar-refractivity contribution in [1.29, 1.82) is 0 Å². The lowest BCUT2D eigenvalue weighted by Crippen LogP contribution is -1.96. The molecule has 2 aromatic heterocycles. The lowest BCUT2D eigenvalue weighted by Gasteiger charge is -2.07. The maximum Gasteiger partial charge on any atom is 0.177 e. The van der Waals surface area contributed by atoms with Crippen LogP contribution in [-0.2, 0) is 19.4 Å². The minimum atomic E-state index is 0.593. The van der Waals surface area contributed by atoms with Crippen molar-refractivity contribution in [3.05, 3.63) is 89.9 Å². The van der Waals surface area contributed by atoms with Crippen LogP contribution in [0.4, 0.5) is 0 Å². The molecule has 2 heterocycles. The molecule has 1 N–H and O–H groups in total. The molecule has 2 aromatic carbocycles. The van der Waals surface area contributed by atoms with E-state index in [1.807, 2.05) is 36.5 Å². The molecular weight excluding hydrogens is 310 g/mol. The van der Waals surface area contributed by atoms with E-state index in [-0.39, 0.29) is 0 Å². The highest BCUT2D eigenvalue weighted by Gasteiger charge is 2.02. The molecule has 0 bridgehead atoms. The molecule has 124 valence electrons. The minimum absolute atomic E-state index is 0.593. The van der Waals surface area contributed by atoms with Crippen LogP contribution >= 0.6 is 0 Å². The van der Waals surface area contributed by atoms with Crippen molar-refractivity contribution in [1.82, 2.24) is 15.0 Å². The van der Waals surface area contributed by atoms with E-state index in [9.17, 15) is 0 Å². The van der Waals surface area contributed by atoms with Gasteiger partial charge in [0, 0.05) is 6.20 Å². The number of benzene rings is 2. The van der Waals surface area contributed by atoms with Crippen molar-refractivity contribution in [2.45, 2.75) is 19.4 Å². The zero-order valence-electron chi connectivity index (χ0n) is 13.9. The van der Waals surface area contributed by atoms with Crippen molar-refractivity contribution in [3.8, 4) is 5.75 Å². The van der Waals surface area contributed by atoms with Crippen molar-refractivity contribution in [3.63, 3.8) is 0 Å². The summed E-state index contributed by atoms with van der Waals surface area (Å²) in [5.41, 5.74) is 5.43. The maximum absolute atomic E-state index is 5.83. The van der Waals surface area contributed by atoms with E-state index in [1.165, 1.54) is 16.7 Å². The van der Waals surface area contributed by atoms with Crippen LogP contribution in [0.2, 0.25) is 0 Å². The first-order chi connectivity index (χ1) is 12.4. The number of aryl methyl sites for hydroxylation is 2. The Kier molecular flexibility index (Phi) is 4.42. The zero-order chi connectivity index (χ0) is 16.9. The molecule has 0 radical (unpaired) electrons. The number of hydrogen-bond acceptors (Lipinski definition) is 3. The average Bonchev–Trinajstić information content (AvgIpc) is 3.14. The highest BCUT2D eigenvalue weighted by molar-refractivity contribution is 5.70. The van der Waals surface area contributed by atoms with Crippen molar-refractivity contribution >= 4 is 11.2 Å². The summed E-state index contributed by atoms with van der Waals surface area (Å²) in [6, 6.07) is 20.6. The lowest BCUT2D eigenvalue weighted by atomic mass is 10.1. The van der Waals surface area contributed by atoms with Gasteiger partial charge in [0.15, 0.2) is 5.65 Å². The van der Waals surface area contributed by atoms with Crippen LogP contribution in [0.15, 0.2) is 73.2 Å². The molecule has 0 spiro atoms. The molecule has 4 aromatic rings. The molecule has 4 rings (SSSR count). The number of rotatable bonds is 6. The van der Waals surface area contributed by atoms with Crippen LogP contribution in [0.25, 0.3) is 11.2 Å². The molecule has 0 aliphatic rings. The van der Waals surface area contributed by atoms with Gasteiger partial charge in [0.05, 0.1) is 11.8 Å². The van der Waals surface area contributed by atoms with Crippen LogP contribution in [0.5, 0.6) is 5.75 Å². The van der Waals surface area contributed by atoms with Gasteiger partial charge in [-0.25, -0.2) is 9.97 Å². The Balaban J connectivity index is 1.33. The second-order valence-corrected chi connectivity index (χ2v) is 6.04. The summed E-state index contributed by atoms with van der Waals surface area (Å²) in [5, 5.41) is 0. The van der Waals surface area contributed by atoms with Gasteiger partial charge < -0.3 is 9.72 Å². The predicted octanol–water partition coefficient (Wildman–Crippen LogP) is 4.32. The van der Waals surface area contributed by atoms with Crippen molar-refractivity contribution < 1.29 is 4.74 Å². The number of nitrogens with zero attached hydrogens (tertiary/aromatic N) is 2. The summed E-state index contributed by atoms with van der Waals surface area (Å²) in [4.78, 5) is 11.6. The first-order valence-electron chi connectivity index (χ1n) is 8.40. The Morgan fingerprint density at radius 1 is 0.800 bits per heavy atom. The highest BCUT2D eigenvalue weighted by Crippen LogP contribution is 2.16. The number of aromatic amines is 1. The summed E-state index contributed by atoms with van der Waals surface area (Å²) in [5.74, 6) is 0.896. The third-order valence-electron chi connectivity index (χ3n) is 4.20. The van der Waals surface area contributed by atoms with E-state index < -0.39 is 0 Å². The fourth-order valence-electron chi connectivity index (χ4n) is 2.79. The minimum Gasteiger partial charge on any atom is -0.489 e. The van der Waals surface area contributed by atoms with Gasteiger partial charge in [-0.1, -0.05) is 42.5 Å². The first kappa shape index (κ1) is 15.4. The summed E-state index contributed by atoms with van der Waals surface area (Å²) in [7, 11) is 0. The largest absolute Gasteiger partial charge is 0.489 e. The van der Waals surface area contributed by atoms with Gasteiger partial charge in [0.25, 0.3) is 0 Å². The molecule has 0 aliphatic carbocycles.